The van der Waals surface area contributed by atoms with Gasteiger partial charge in [0.25, 0.3) is 0 Å². The molecular weight excluding hydrogens is 560 g/mol. The van der Waals surface area contributed by atoms with E-state index in [1.165, 1.54) is 50.3 Å². The first-order chi connectivity index (χ1) is 20.7. The lowest BCUT2D eigenvalue weighted by atomic mass is 9.97. The van der Waals surface area contributed by atoms with Crippen molar-refractivity contribution in [3.63, 3.8) is 0 Å². The molecular formula is C31H48N2O8S. The molecule has 42 heavy (non-hydrogen) atoms. The molecule has 3 aliphatic rings. The van der Waals surface area contributed by atoms with E-state index in [1.807, 2.05) is 30.3 Å². The Kier molecular flexibility index (Phi) is 14.9. The molecule has 0 saturated carbocycles. The smallest absolute Gasteiger partial charge is 0.230 e. The summed E-state index contributed by atoms with van der Waals surface area (Å²) in [6, 6.07) is 9.77. The summed E-state index contributed by atoms with van der Waals surface area (Å²) in [5, 5.41) is 5.72. The maximum absolute atomic E-state index is 12.2. The summed E-state index contributed by atoms with van der Waals surface area (Å²) < 4.78 is 37.9. The molecule has 11 heteroatoms. The first-order valence-electron chi connectivity index (χ1n) is 15.6. The molecule has 3 aliphatic heterocycles. The van der Waals surface area contributed by atoms with Crippen LogP contribution >= 0.6 is 11.8 Å². The Morgan fingerprint density at radius 2 is 1.43 bits per heavy atom. The fourth-order valence-corrected chi connectivity index (χ4v) is 6.05. The second-order valence-corrected chi connectivity index (χ2v) is 11.9. The number of carbonyl (C=O) groups excluding carboxylic acids is 2. The number of hydrogen-bond acceptors (Lipinski definition) is 9. The van der Waals surface area contributed by atoms with Crippen LogP contribution in [0.2, 0.25) is 0 Å². The molecule has 0 aromatic heterocycles. The van der Waals surface area contributed by atoms with Crippen LogP contribution in [0.15, 0.2) is 30.3 Å². The second kappa shape index (κ2) is 18.8. The average Bonchev–Trinajstić information content (AvgIpc) is 3.01. The molecule has 2 N–H and O–H groups in total. The van der Waals surface area contributed by atoms with Gasteiger partial charge in [0.05, 0.1) is 31.3 Å². The molecule has 0 aliphatic carbocycles. The van der Waals surface area contributed by atoms with Gasteiger partial charge in [-0.05, 0) is 6.42 Å². The number of rotatable bonds is 11. The van der Waals surface area contributed by atoms with Gasteiger partial charge in [0, 0.05) is 25.3 Å². The Bertz CT molecular complexity index is 925. The molecule has 0 spiro atoms. The first-order valence-corrected chi connectivity index (χ1v) is 16.7. The zero-order valence-corrected chi connectivity index (χ0v) is 25.7. The van der Waals surface area contributed by atoms with Crippen molar-refractivity contribution in [2.45, 2.75) is 95.3 Å². The number of benzene rings is 1. The van der Waals surface area contributed by atoms with Crippen molar-refractivity contribution in [3.8, 4) is 0 Å². The van der Waals surface area contributed by atoms with Crippen molar-refractivity contribution < 1.29 is 38.0 Å². The Hall–Kier alpha value is -1.73. The lowest BCUT2D eigenvalue weighted by Gasteiger charge is -2.49. The van der Waals surface area contributed by atoms with Crippen LogP contribution in [0.4, 0.5) is 0 Å². The topological polar surface area (TPSA) is 114 Å². The number of carbonyl (C=O) groups is 2. The van der Waals surface area contributed by atoms with Gasteiger partial charge in [-0.2, -0.15) is 0 Å². The number of ether oxygens (including phenoxy) is 6. The van der Waals surface area contributed by atoms with Gasteiger partial charge in [0.15, 0.2) is 12.6 Å². The predicted octanol–water partition coefficient (Wildman–Crippen LogP) is 3.73. The van der Waals surface area contributed by atoms with E-state index >= 15 is 0 Å². The van der Waals surface area contributed by atoms with E-state index in [1.54, 1.807) is 0 Å². The van der Waals surface area contributed by atoms with Crippen molar-refractivity contribution >= 4 is 23.6 Å². The molecule has 0 bridgehead atoms. The molecule has 1 unspecified atom stereocenters. The van der Waals surface area contributed by atoms with Gasteiger partial charge in [0.2, 0.25) is 11.8 Å². The van der Waals surface area contributed by atoms with E-state index in [2.05, 4.69) is 17.6 Å². The largest absolute Gasteiger partial charge is 0.371 e. The first kappa shape index (κ1) is 33.2. The molecule has 3 fully saturated rings. The van der Waals surface area contributed by atoms with Crippen LogP contribution < -0.4 is 10.6 Å². The van der Waals surface area contributed by atoms with Gasteiger partial charge in [-0.3, -0.25) is 9.59 Å². The molecule has 10 nitrogen and oxygen atoms in total. The quantitative estimate of drug-likeness (QED) is 0.363. The highest BCUT2D eigenvalue weighted by molar-refractivity contribution is 8.00. The van der Waals surface area contributed by atoms with Gasteiger partial charge in [-0.1, -0.05) is 82.2 Å². The molecule has 1 aromatic rings. The number of nitrogens with one attached hydrogen (secondary N) is 2. The summed E-state index contributed by atoms with van der Waals surface area (Å²) in [6.45, 7) is 4.28. The predicted molar refractivity (Wildman–Crippen MR) is 160 cm³/mol. The monoisotopic (exact) mass is 608 g/mol. The number of thioether (sulfide) groups is 1. The van der Waals surface area contributed by atoms with Gasteiger partial charge >= 0.3 is 0 Å². The summed E-state index contributed by atoms with van der Waals surface area (Å²) in [7, 11) is 0. The molecule has 6 atom stereocenters. The Labute approximate surface area is 254 Å². The van der Waals surface area contributed by atoms with Crippen LogP contribution in [0, 0.1) is 0 Å². The molecule has 2 amide bonds. The van der Waals surface area contributed by atoms with Crippen molar-refractivity contribution in [3.05, 3.63) is 35.9 Å². The van der Waals surface area contributed by atoms with E-state index in [0.29, 0.717) is 26.3 Å². The van der Waals surface area contributed by atoms with Crippen molar-refractivity contribution in [1.29, 1.82) is 0 Å². The van der Waals surface area contributed by atoms with Crippen LogP contribution in [0.5, 0.6) is 0 Å². The number of hydrogen-bond donors (Lipinski definition) is 2. The summed E-state index contributed by atoms with van der Waals surface area (Å²) >= 11 is 1.27. The van der Waals surface area contributed by atoms with E-state index < -0.39 is 37.0 Å². The third-order valence-electron chi connectivity index (χ3n) is 7.57. The van der Waals surface area contributed by atoms with E-state index in [-0.39, 0.29) is 36.5 Å². The van der Waals surface area contributed by atoms with Gasteiger partial charge in [0.1, 0.15) is 24.4 Å². The summed E-state index contributed by atoms with van der Waals surface area (Å²) in [6.07, 6.45) is 6.38. The maximum Gasteiger partial charge on any atom is 0.230 e. The highest BCUT2D eigenvalue weighted by Crippen LogP contribution is 2.36. The maximum atomic E-state index is 12.2. The van der Waals surface area contributed by atoms with Gasteiger partial charge < -0.3 is 39.1 Å². The van der Waals surface area contributed by atoms with Crippen LogP contribution in [0.25, 0.3) is 0 Å². The highest BCUT2D eigenvalue weighted by atomic mass is 32.2. The molecule has 1 aromatic carbocycles. The third-order valence-corrected chi connectivity index (χ3v) is 8.50. The summed E-state index contributed by atoms with van der Waals surface area (Å²) in [5.74, 6) is 0.145. The number of amides is 2. The molecule has 3 saturated heterocycles. The van der Waals surface area contributed by atoms with Crippen LogP contribution in [-0.2, 0) is 38.0 Å². The Morgan fingerprint density at radius 3 is 2.12 bits per heavy atom. The van der Waals surface area contributed by atoms with E-state index in [4.69, 9.17) is 28.4 Å². The van der Waals surface area contributed by atoms with Crippen LogP contribution in [-0.4, -0.2) is 93.5 Å². The number of unbranched alkanes of at least 4 members (excludes halogenated alkanes) is 7. The summed E-state index contributed by atoms with van der Waals surface area (Å²) in [4.78, 5) is 24.4. The minimum absolute atomic E-state index is 0.137. The minimum atomic E-state index is -0.683. The summed E-state index contributed by atoms with van der Waals surface area (Å²) in [5.41, 5.74) is 0.908. The zero-order chi connectivity index (χ0) is 29.4. The third kappa shape index (κ3) is 10.8. The van der Waals surface area contributed by atoms with E-state index in [9.17, 15) is 9.59 Å². The SMILES string of the molecule is CCCCCCCCCCO[C@@H]1O[C@@H]2COC(c3ccccc3)O[C@@H]2[C@@H]2OCCNC(=O)CSCC(=O)NCCO[C@@H]12. The fraction of sp³-hybridized carbons (Fsp3) is 0.742. The Balaban J connectivity index is 1.42. The van der Waals surface area contributed by atoms with Crippen LogP contribution in [0.3, 0.4) is 0 Å². The van der Waals surface area contributed by atoms with E-state index in [0.717, 1.165) is 18.4 Å². The molecule has 4 rings (SSSR count). The van der Waals surface area contributed by atoms with Crippen molar-refractivity contribution in [2.75, 3.05) is 51.0 Å². The fourth-order valence-electron chi connectivity index (χ4n) is 5.37. The minimum Gasteiger partial charge on any atom is -0.371 e. The molecule has 236 valence electrons. The Morgan fingerprint density at radius 1 is 0.786 bits per heavy atom. The molecule has 0 radical (unpaired) electrons. The second-order valence-electron chi connectivity index (χ2n) is 10.9. The normalized spacial score (nSPS) is 29.7. The van der Waals surface area contributed by atoms with Crippen molar-refractivity contribution in [1.82, 2.24) is 10.6 Å². The lowest BCUT2D eigenvalue weighted by Crippen LogP contribution is -2.64. The zero-order valence-electron chi connectivity index (χ0n) is 24.8. The standard InChI is InChI=1S/C31H48N2O8S/c1-2-3-4-5-6-7-8-12-17-38-31-29-28(27-24(40-31)20-39-30(41-27)23-13-10-9-11-14-23)36-18-15-32-25(34)21-42-22-26(35)33-16-19-37-29/h9-11,13-14,24,27-31H,2-8,12,15-22H2,1H3,(H,32,34)(H,33,35)/t24-,27+,28+,29-,30?,31-/m1/s1. The molecule has 3 heterocycles. The van der Waals surface area contributed by atoms with Crippen molar-refractivity contribution in [2.24, 2.45) is 0 Å². The van der Waals surface area contributed by atoms with Crippen LogP contribution in [0.1, 0.15) is 70.1 Å². The number of fused-ring (bicyclic) bond motifs is 3. The highest BCUT2D eigenvalue weighted by Gasteiger charge is 2.51. The van der Waals surface area contributed by atoms with Gasteiger partial charge in [-0.25, -0.2) is 0 Å². The van der Waals surface area contributed by atoms with Gasteiger partial charge in [-0.15, -0.1) is 11.8 Å². The lowest BCUT2D eigenvalue weighted by molar-refractivity contribution is -0.370. The average molecular weight is 609 g/mol.